The second-order valence-electron chi connectivity index (χ2n) is 13.1. The Kier molecular flexibility index (Phi) is 6.69. The summed E-state index contributed by atoms with van der Waals surface area (Å²) in [6, 6.07) is 39.9. The fourth-order valence-electron chi connectivity index (χ4n) is 7.39. The number of hydrogen-bond acceptors (Lipinski definition) is 5. The topological polar surface area (TPSA) is 65.0 Å². The summed E-state index contributed by atoms with van der Waals surface area (Å²) in [5, 5.41) is 3.44. The molecule has 1 atom stereocenters. The zero-order valence-electron chi connectivity index (χ0n) is 27.2. The first-order chi connectivity index (χ1) is 24.7. The predicted octanol–water partition coefficient (Wildman–Crippen LogP) is 11.6. The lowest BCUT2D eigenvalue weighted by atomic mass is 9.87. The van der Waals surface area contributed by atoms with Gasteiger partial charge in [0.15, 0.2) is 17.5 Å². The van der Waals surface area contributed by atoms with Gasteiger partial charge in [-0.25, -0.2) is 15.0 Å². The van der Waals surface area contributed by atoms with E-state index in [0.29, 0.717) is 17.5 Å². The fourth-order valence-corrected chi connectivity index (χ4v) is 7.39. The highest BCUT2D eigenvalue weighted by molar-refractivity contribution is 6.07. The maximum atomic E-state index is 6.34. The summed E-state index contributed by atoms with van der Waals surface area (Å²) in [6.07, 6.45) is 13.7. The van der Waals surface area contributed by atoms with Crippen LogP contribution in [0.4, 0.5) is 0 Å². The normalized spacial score (nSPS) is 15.5. The van der Waals surface area contributed by atoms with Crippen LogP contribution in [0.3, 0.4) is 0 Å². The van der Waals surface area contributed by atoms with Gasteiger partial charge in [0.1, 0.15) is 22.5 Å². The molecule has 0 aliphatic heterocycles. The van der Waals surface area contributed by atoms with Gasteiger partial charge in [0.25, 0.3) is 0 Å². The average Bonchev–Trinajstić information content (AvgIpc) is 3.75. The minimum atomic E-state index is 0.161. The van der Waals surface area contributed by atoms with Crippen molar-refractivity contribution >= 4 is 44.6 Å². The van der Waals surface area contributed by atoms with Crippen LogP contribution in [0.25, 0.3) is 78.5 Å². The summed E-state index contributed by atoms with van der Waals surface area (Å²) in [6.45, 7) is 0. The summed E-state index contributed by atoms with van der Waals surface area (Å²) in [5.41, 5.74) is 10.6. The van der Waals surface area contributed by atoms with Gasteiger partial charge in [0.2, 0.25) is 0 Å². The van der Waals surface area contributed by atoms with Crippen molar-refractivity contribution in [3.8, 4) is 33.9 Å². The molecule has 3 heterocycles. The maximum Gasteiger partial charge on any atom is 0.164 e. The minimum absolute atomic E-state index is 0.161. The molecule has 0 saturated heterocycles. The van der Waals surface area contributed by atoms with Crippen LogP contribution in [-0.2, 0) is 6.42 Å². The minimum Gasteiger partial charge on any atom is -0.456 e. The Morgan fingerprint density at radius 2 is 1.18 bits per heavy atom. The van der Waals surface area contributed by atoms with Gasteiger partial charge in [0.05, 0.1) is 0 Å². The van der Waals surface area contributed by atoms with Crippen molar-refractivity contribution in [3.05, 3.63) is 162 Å². The lowest BCUT2D eigenvalue weighted by Gasteiger charge is -2.19. The summed E-state index contributed by atoms with van der Waals surface area (Å²) in [5.74, 6) is 3.21. The van der Waals surface area contributed by atoms with E-state index in [4.69, 9.17) is 23.8 Å². The molecule has 10 rings (SSSR count). The Morgan fingerprint density at radius 1 is 0.560 bits per heavy atom. The number of aromatic nitrogens is 3. The number of allylic oxidation sites excluding steroid dienone is 5. The number of furan rings is 2. The SMILES string of the molecule is C1=CC(c2ccc3oc4ccc(-c5ccc6oc7c(c6c5)CCC=C7)cc4c3c2)CC(c2nc(-c3ccccc3)nc(-c3ccccc3)n2)=C1. The molecule has 50 heavy (non-hydrogen) atoms. The van der Waals surface area contributed by atoms with Crippen LogP contribution in [0.1, 0.15) is 41.5 Å². The van der Waals surface area contributed by atoms with Gasteiger partial charge >= 0.3 is 0 Å². The molecular formula is C45H31N3O2. The van der Waals surface area contributed by atoms with E-state index >= 15 is 0 Å². The largest absolute Gasteiger partial charge is 0.456 e. The van der Waals surface area contributed by atoms with E-state index < -0.39 is 0 Å². The van der Waals surface area contributed by atoms with Gasteiger partial charge < -0.3 is 8.83 Å². The Labute approximate surface area is 289 Å². The van der Waals surface area contributed by atoms with Gasteiger partial charge in [-0.05, 0) is 84.0 Å². The van der Waals surface area contributed by atoms with Gasteiger partial charge in [-0.3, -0.25) is 0 Å². The molecule has 0 saturated carbocycles. The van der Waals surface area contributed by atoms with Crippen molar-refractivity contribution in [3.63, 3.8) is 0 Å². The molecule has 5 heteroatoms. The molecule has 8 aromatic rings. The third-order valence-corrected chi connectivity index (χ3v) is 9.97. The van der Waals surface area contributed by atoms with Crippen molar-refractivity contribution < 1.29 is 8.83 Å². The summed E-state index contributed by atoms with van der Waals surface area (Å²) in [7, 11) is 0. The molecule has 0 bridgehead atoms. The molecule has 0 N–H and O–H groups in total. The maximum absolute atomic E-state index is 6.34. The van der Waals surface area contributed by atoms with Gasteiger partial charge in [0, 0.05) is 38.8 Å². The standard InChI is InChI=1S/C45H31N3O2/c1-3-10-28(11-4-1)43-46-44(29-12-5-2-6-13-29)48-45(47-43)34-15-9-14-30(24-34)31-18-22-41-37(26-31)38-27-33(20-23-42(38)50-41)32-19-21-40-36(25-32)35-16-7-8-17-39(35)49-40/h1-6,8-15,17-23,25-27,30H,7,16,24H2. The molecule has 3 aromatic heterocycles. The van der Waals surface area contributed by atoms with E-state index in [1.807, 2.05) is 60.7 Å². The Bertz CT molecular complexity index is 2620. The van der Waals surface area contributed by atoms with Crippen molar-refractivity contribution in [1.29, 1.82) is 0 Å². The summed E-state index contributed by atoms with van der Waals surface area (Å²) >= 11 is 0. The molecule has 2 aliphatic carbocycles. The third kappa shape index (κ3) is 4.98. The molecule has 5 nitrogen and oxygen atoms in total. The van der Waals surface area contributed by atoms with Gasteiger partial charge in [-0.15, -0.1) is 0 Å². The van der Waals surface area contributed by atoms with Crippen LogP contribution < -0.4 is 0 Å². The quantitative estimate of drug-likeness (QED) is 0.186. The van der Waals surface area contributed by atoms with Crippen molar-refractivity contribution in [1.82, 2.24) is 15.0 Å². The molecule has 5 aromatic carbocycles. The van der Waals surface area contributed by atoms with Crippen LogP contribution in [0.2, 0.25) is 0 Å². The highest BCUT2D eigenvalue weighted by atomic mass is 16.3. The number of hydrogen-bond donors (Lipinski definition) is 0. The number of benzene rings is 5. The molecule has 2 aliphatic rings. The predicted molar refractivity (Wildman–Crippen MR) is 201 cm³/mol. The highest BCUT2D eigenvalue weighted by Crippen LogP contribution is 2.39. The van der Waals surface area contributed by atoms with E-state index in [2.05, 4.69) is 85.0 Å². The van der Waals surface area contributed by atoms with Gasteiger partial charge in [-0.2, -0.15) is 0 Å². The molecular weight excluding hydrogens is 615 g/mol. The fraction of sp³-hybridized carbons (Fsp3) is 0.0889. The number of rotatable bonds is 5. The first-order valence-corrected chi connectivity index (χ1v) is 17.2. The Balaban J connectivity index is 1.00. The smallest absolute Gasteiger partial charge is 0.164 e. The highest BCUT2D eigenvalue weighted by Gasteiger charge is 2.21. The van der Waals surface area contributed by atoms with Crippen LogP contribution in [0, 0.1) is 0 Å². The second kappa shape index (κ2) is 11.7. The van der Waals surface area contributed by atoms with Crippen LogP contribution in [-0.4, -0.2) is 15.0 Å². The molecule has 1 unspecified atom stereocenters. The number of aryl methyl sites for hydroxylation is 1. The lowest BCUT2D eigenvalue weighted by molar-refractivity contribution is 0.595. The summed E-state index contributed by atoms with van der Waals surface area (Å²) in [4.78, 5) is 14.9. The monoisotopic (exact) mass is 645 g/mol. The lowest BCUT2D eigenvalue weighted by Crippen LogP contribution is -2.07. The zero-order chi connectivity index (χ0) is 33.0. The van der Waals surface area contributed by atoms with Crippen LogP contribution in [0.15, 0.2) is 148 Å². The zero-order valence-corrected chi connectivity index (χ0v) is 27.2. The van der Waals surface area contributed by atoms with Crippen molar-refractivity contribution in [2.24, 2.45) is 0 Å². The average molecular weight is 646 g/mol. The van der Waals surface area contributed by atoms with Crippen LogP contribution >= 0.6 is 0 Å². The van der Waals surface area contributed by atoms with Crippen LogP contribution in [0.5, 0.6) is 0 Å². The molecule has 238 valence electrons. The van der Waals surface area contributed by atoms with E-state index in [-0.39, 0.29) is 5.92 Å². The van der Waals surface area contributed by atoms with Crippen molar-refractivity contribution in [2.75, 3.05) is 0 Å². The molecule has 0 amide bonds. The van der Waals surface area contributed by atoms with E-state index in [0.717, 1.165) is 74.8 Å². The molecule has 0 fully saturated rings. The van der Waals surface area contributed by atoms with Gasteiger partial charge in [-0.1, -0.05) is 103 Å². The number of nitrogens with zero attached hydrogens (tertiary/aromatic N) is 3. The Morgan fingerprint density at radius 3 is 1.90 bits per heavy atom. The molecule has 0 spiro atoms. The second-order valence-corrected chi connectivity index (χ2v) is 13.1. The first kappa shape index (κ1) is 28.7. The van der Waals surface area contributed by atoms with E-state index in [1.54, 1.807) is 0 Å². The first-order valence-electron chi connectivity index (χ1n) is 17.2. The van der Waals surface area contributed by atoms with Crippen molar-refractivity contribution in [2.45, 2.75) is 25.2 Å². The molecule has 0 radical (unpaired) electrons. The van der Waals surface area contributed by atoms with E-state index in [9.17, 15) is 0 Å². The summed E-state index contributed by atoms with van der Waals surface area (Å²) < 4.78 is 12.5. The third-order valence-electron chi connectivity index (χ3n) is 9.97. The Hall–Kier alpha value is -6.33. The van der Waals surface area contributed by atoms with E-state index in [1.165, 1.54) is 22.1 Å². The number of fused-ring (bicyclic) bond motifs is 6.